The zero-order valence-corrected chi connectivity index (χ0v) is 18.3. The van der Waals surface area contributed by atoms with Crippen LogP contribution in [0.3, 0.4) is 0 Å². The second kappa shape index (κ2) is 11.9. The average molecular weight is 440 g/mol. The van der Waals surface area contributed by atoms with Crippen molar-refractivity contribution in [1.82, 2.24) is 15.5 Å². The number of nitrogens with zero attached hydrogens (tertiary/aromatic N) is 2. The van der Waals surface area contributed by atoms with E-state index in [0.29, 0.717) is 48.6 Å². The minimum atomic E-state index is -0.715. The highest BCUT2D eigenvalue weighted by atomic mass is 35.5. The number of aromatic nitrogens is 2. The van der Waals surface area contributed by atoms with Crippen LogP contribution in [0.25, 0.3) is 0 Å². The number of hydrogen-bond acceptors (Lipinski definition) is 9. The molecule has 0 aliphatic carbocycles. The molecule has 1 aromatic carbocycles. The number of rotatable bonds is 13. The second-order valence-corrected chi connectivity index (χ2v) is 7.85. The van der Waals surface area contributed by atoms with Crippen LogP contribution >= 0.6 is 11.6 Å². The molecule has 0 aliphatic rings. The summed E-state index contributed by atoms with van der Waals surface area (Å²) in [6, 6.07) is 8.80. The van der Waals surface area contributed by atoms with Gasteiger partial charge in [-0.05, 0) is 44.0 Å². The number of benzene rings is 1. The molecular weight excluding hydrogens is 410 g/mol. The molecule has 0 spiro atoms. The summed E-state index contributed by atoms with van der Waals surface area (Å²) in [6.07, 6.45) is -0.0133. The van der Waals surface area contributed by atoms with Crippen molar-refractivity contribution in [3.63, 3.8) is 0 Å². The number of nitrogens with one attached hydrogen (secondary N) is 2. The maximum atomic E-state index is 10.3. The third-order valence-corrected chi connectivity index (χ3v) is 4.46. The first kappa shape index (κ1) is 24.1. The van der Waals surface area contributed by atoms with E-state index in [4.69, 9.17) is 31.7 Å². The topological polar surface area (TPSA) is 124 Å². The van der Waals surface area contributed by atoms with E-state index in [1.807, 2.05) is 26.0 Å². The van der Waals surface area contributed by atoms with Crippen LogP contribution in [0.1, 0.15) is 19.4 Å². The maximum Gasteiger partial charge on any atom is 0.233 e. The van der Waals surface area contributed by atoms with Gasteiger partial charge >= 0.3 is 0 Å². The number of nitrogens with two attached hydrogens (primary N) is 1. The largest absolute Gasteiger partial charge is 0.491 e. The lowest BCUT2D eigenvalue weighted by Gasteiger charge is -2.27. The van der Waals surface area contributed by atoms with Gasteiger partial charge in [0.25, 0.3) is 0 Å². The Bertz CT molecular complexity index is 776. The number of hydrogen-bond donors (Lipinski definition) is 4. The molecule has 0 fully saturated rings. The van der Waals surface area contributed by atoms with Crippen LogP contribution in [0.4, 0.5) is 5.82 Å². The molecule has 0 radical (unpaired) electrons. The van der Waals surface area contributed by atoms with Crippen LogP contribution in [-0.4, -0.2) is 60.4 Å². The average Bonchev–Trinajstić information content (AvgIpc) is 2.74. The summed E-state index contributed by atoms with van der Waals surface area (Å²) < 4.78 is 16.6. The Morgan fingerprint density at radius 3 is 2.67 bits per heavy atom. The first-order valence-corrected chi connectivity index (χ1v) is 9.97. The maximum absolute atomic E-state index is 10.3. The third kappa shape index (κ3) is 8.29. The van der Waals surface area contributed by atoms with Crippen molar-refractivity contribution in [2.75, 3.05) is 38.9 Å². The van der Waals surface area contributed by atoms with Crippen LogP contribution in [0.5, 0.6) is 11.6 Å². The van der Waals surface area contributed by atoms with Crippen molar-refractivity contribution in [3.8, 4) is 11.6 Å². The lowest BCUT2D eigenvalue weighted by Crippen LogP contribution is -2.48. The van der Waals surface area contributed by atoms with E-state index < -0.39 is 11.6 Å². The van der Waals surface area contributed by atoms with Crippen LogP contribution in [0.2, 0.25) is 5.02 Å². The monoisotopic (exact) mass is 439 g/mol. The molecule has 0 bridgehead atoms. The fraction of sp³-hybridized carbons (Fsp3) is 0.500. The van der Waals surface area contributed by atoms with E-state index in [2.05, 4.69) is 20.9 Å². The molecule has 0 aliphatic heterocycles. The quantitative estimate of drug-likeness (QED) is 0.273. The van der Waals surface area contributed by atoms with Crippen LogP contribution in [-0.2, 0) is 11.2 Å². The van der Waals surface area contributed by atoms with E-state index in [0.717, 1.165) is 5.56 Å². The molecule has 1 heterocycles. The summed E-state index contributed by atoms with van der Waals surface area (Å²) in [5, 5.41) is 21.9. The molecule has 1 atom stereocenters. The lowest BCUT2D eigenvalue weighted by molar-refractivity contribution is 0.0916. The third-order valence-electron chi connectivity index (χ3n) is 4.22. The van der Waals surface area contributed by atoms with Gasteiger partial charge in [0, 0.05) is 30.3 Å². The Labute approximate surface area is 181 Å². The molecule has 2 rings (SSSR count). The van der Waals surface area contributed by atoms with Crippen molar-refractivity contribution in [3.05, 3.63) is 40.9 Å². The predicted molar refractivity (Wildman–Crippen MR) is 116 cm³/mol. The van der Waals surface area contributed by atoms with Gasteiger partial charge in [0.1, 0.15) is 25.1 Å². The van der Waals surface area contributed by atoms with E-state index in [1.54, 1.807) is 25.3 Å². The number of methoxy groups -OCH3 is 1. The van der Waals surface area contributed by atoms with Gasteiger partial charge in [0.15, 0.2) is 5.82 Å². The van der Waals surface area contributed by atoms with Crippen molar-refractivity contribution >= 4 is 17.4 Å². The summed E-state index contributed by atoms with van der Waals surface area (Å²) in [6.45, 7) is 5.29. The number of halogens is 1. The summed E-state index contributed by atoms with van der Waals surface area (Å²) in [5.41, 5.74) is 2.97. The number of anilines is 1. The van der Waals surface area contributed by atoms with Gasteiger partial charge in [-0.3, -0.25) is 0 Å². The Morgan fingerprint density at radius 2 is 2.00 bits per heavy atom. The fourth-order valence-corrected chi connectivity index (χ4v) is 2.66. The van der Waals surface area contributed by atoms with Gasteiger partial charge in [-0.1, -0.05) is 17.7 Å². The molecule has 0 amide bonds. The van der Waals surface area contributed by atoms with E-state index in [-0.39, 0.29) is 6.61 Å². The van der Waals surface area contributed by atoms with Gasteiger partial charge in [0.05, 0.1) is 6.61 Å². The summed E-state index contributed by atoms with van der Waals surface area (Å²) >= 11 is 6.07. The van der Waals surface area contributed by atoms with Gasteiger partial charge in [0.2, 0.25) is 5.88 Å². The zero-order valence-electron chi connectivity index (χ0n) is 17.5. The summed E-state index contributed by atoms with van der Waals surface area (Å²) in [7, 11) is 1.65. The van der Waals surface area contributed by atoms with Crippen LogP contribution in [0.15, 0.2) is 30.3 Å². The Morgan fingerprint density at radius 1 is 1.20 bits per heavy atom. The minimum Gasteiger partial charge on any atom is -0.491 e. The summed E-state index contributed by atoms with van der Waals surface area (Å²) in [4.78, 5) is 0. The van der Waals surface area contributed by atoms with Gasteiger partial charge < -0.3 is 30.1 Å². The molecule has 1 aromatic heterocycles. The first-order chi connectivity index (χ1) is 14.3. The van der Waals surface area contributed by atoms with Crippen LogP contribution in [0, 0.1) is 0 Å². The first-order valence-electron chi connectivity index (χ1n) is 9.59. The zero-order chi connectivity index (χ0) is 22.0. The second-order valence-electron chi connectivity index (χ2n) is 7.41. The van der Waals surface area contributed by atoms with E-state index >= 15 is 0 Å². The smallest absolute Gasteiger partial charge is 0.233 e. The van der Waals surface area contributed by atoms with Crippen molar-refractivity contribution in [2.45, 2.75) is 31.9 Å². The van der Waals surface area contributed by atoms with Crippen molar-refractivity contribution in [2.24, 2.45) is 5.84 Å². The van der Waals surface area contributed by atoms with E-state index in [9.17, 15) is 5.11 Å². The van der Waals surface area contributed by atoms with Crippen LogP contribution < -0.4 is 26.1 Å². The molecule has 166 valence electrons. The molecule has 2 aromatic rings. The standard InChI is InChI=1S/C20H30ClN5O4/c1-20(2,13-30-19-7-6-18(24-22)25-26-19)23-11-16(27)12-29-17-10-15(21)5-4-14(17)8-9-28-3/h4-7,10,16,23,27H,8-9,11-13,22H2,1-3H3,(H,24,25). The number of nitrogen functional groups attached to an aromatic ring is 1. The highest BCUT2D eigenvalue weighted by molar-refractivity contribution is 6.30. The number of aliphatic hydroxyl groups is 1. The van der Waals surface area contributed by atoms with E-state index in [1.165, 1.54) is 0 Å². The molecule has 9 nitrogen and oxygen atoms in total. The van der Waals surface area contributed by atoms with Gasteiger partial charge in [-0.2, -0.15) is 0 Å². The van der Waals surface area contributed by atoms with Gasteiger partial charge in [-0.25, -0.2) is 5.84 Å². The predicted octanol–water partition coefficient (Wildman–Crippen LogP) is 1.79. The minimum absolute atomic E-state index is 0.128. The molecule has 1 unspecified atom stereocenters. The van der Waals surface area contributed by atoms with Gasteiger partial charge in [-0.15, -0.1) is 10.2 Å². The SMILES string of the molecule is COCCc1ccc(Cl)cc1OCC(O)CNC(C)(C)COc1ccc(NN)nn1. The normalized spacial score (nSPS) is 12.5. The molecule has 5 N–H and O–H groups in total. The highest BCUT2D eigenvalue weighted by Crippen LogP contribution is 2.24. The Balaban J connectivity index is 1.78. The number of β-amino-alcohol motifs (C(OH)–C–C–N with tert-alkyl or cyclic N) is 1. The fourth-order valence-electron chi connectivity index (χ4n) is 2.50. The number of aliphatic hydroxyl groups excluding tert-OH is 1. The Hall–Kier alpha value is -2.17. The Kier molecular flexibility index (Phi) is 9.54. The molecule has 30 heavy (non-hydrogen) atoms. The molecule has 0 saturated carbocycles. The highest BCUT2D eigenvalue weighted by Gasteiger charge is 2.20. The lowest BCUT2D eigenvalue weighted by atomic mass is 10.1. The molecular formula is C20H30ClN5O4. The molecule has 0 saturated heterocycles. The van der Waals surface area contributed by atoms with Crippen molar-refractivity contribution < 1.29 is 19.3 Å². The number of ether oxygens (including phenoxy) is 3. The van der Waals surface area contributed by atoms with Crippen molar-refractivity contribution in [1.29, 1.82) is 0 Å². The summed E-state index contributed by atoms with van der Waals surface area (Å²) in [5.74, 6) is 6.75. The number of hydrazine groups is 1. The molecule has 10 heteroatoms.